The summed E-state index contributed by atoms with van der Waals surface area (Å²) in [4.78, 5) is 41.4. The second-order valence-electron chi connectivity index (χ2n) is 9.13. The van der Waals surface area contributed by atoms with Crippen molar-refractivity contribution in [1.29, 1.82) is 0 Å². The first-order valence-electron chi connectivity index (χ1n) is 10.2. The van der Waals surface area contributed by atoms with Gasteiger partial charge in [-0.25, -0.2) is 0 Å². The van der Waals surface area contributed by atoms with Crippen molar-refractivity contribution in [3.05, 3.63) is 28.2 Å². The van der Waals surface area contributed by atoms with Crippen LogP contribution in [0.2, 0.25) is 0 Å². The Bertz CT molecular complexity index is 810. The van der Waals surface area contributed by atoms with E-state index in [2.05, 4.69) is 21.2 Å². The van der Waals surface area contributed by atoms with Crippen LogP contribution in [-0.2, 0) is 14.4 Å². The van der Waals surface area contributed by atoms with Crippen LogP contribution in [0.5, 0.6) is 0 Å². The number of piperidine rings is 1. The van der Waals surface area contributed by atoms with E-state index in [4.69, 9.17) is 0 Å². The molecule has 1 aromatic rings. The number of amides is 3. The number of nitrogens with one attached hydrogen (secondary N) is 1. The molecule has 0 radical (unpaired) electrons. The van der Waals surface area contributed by atoms with Gasteiger partial charge in [0.15, 0.2) is 0 Å². The molecule has 2 saturated heterocycles. The number of benzene rings is 1. The Morgan fingerprint density at radius 1 is 1.14 bits per heavy atom. The van der Waals surface area contributed by atoms with Gasteiger partial charge < -0.3 is 15.1 Å². The minimum atomic E-state index is -0.266. The molecule has 2 aliphatic heterocycles. The number of nitrogens with zero attached hydrogens (tertiary/aromatic N) is 2. The zero-order chi connectivity index (χ0) is 21.3. The summed E-state index contributed by atoms with van der Waals surface area (Å²) in [5.74, 6) is -0.256. The van der Waals surface area contributed by atoms with Gasteiger partial charge in [0.1, 0.15) is 0 Å². The van der Waals surface area contributed by atoms with Crippen LogP contribution in [0.4, 0.5) is 5.69 Å². The van der Waals surface area contributed by atoms with E-state index in [9.17, 15) is 14.4 Å². The van der Waals surface area contributed by atoms with E-state index >= 15 is 0 Å². The van der Waals surface area contributed by atoms with Gasteiger partial charge in [-0.15, -0.1) is 0 Å². The highest BCUT2D eigenvalue weighted by Gasteiger charge is 2.41. The molecule has 0 saturated carbocycles. The van der Waals surface area contributed by atoms with Gasteiger partial charge >= 0.3 is 0 Å². The molecular weight excluding hydrogens is 434 g/mol. The summed E-state index contributed by atoms with van der Waals surface area (Å²) in [7, 11) is 0. The average Bonchev–Trinajstić information content (AvgIpc) is 3.06. The zero-order valence-electron chi connectivity index (χ0n) is 17.6. The minimum absolute atomic E-state index is 0.00812. The number of hydrogen-bond donors (Lipinski definition) is 1. The lowest BCUT2D eigenvalue weighted by molar-refractivity contribution is -0.138. The Morgan fingerprint density at radius 3 is 2.34 bits per heavy atom. The third-order valence-electron chi connectivity index (χ3n) is 5.89. The van der Waals surface area contributed by atoms with Crippen molar-refractivity contribution in [2.24, 2.45) is 11.8 Å². The van der Waals surface area contributed by atoms with Crippen molar-refractivity contribution in [3.8, 4) is 0 Å². The minimum Gasteiger partial charge on any atom is -0.342 e. The summed E-state index contributed by atoms with van der Waals surface area (Å²) in [5, 5.41) is 2.99. The van der Waals surface area contributed by atoms with Gasteiger partial charge in [0.05, 0.1) is 5.92 Å². The molecular formula is C22H30BrN3O3. The normalized spacial score (nSPS) is 20.9. The Morgan fingerprint density at radius 2 is 1.79 bits per heavy atom. The third-order valence-corrected chi connectivity index (χ3v) is 6.78. The molecule has 1 aromatic carbocycles. The monoisotopic (exact) mass is 463 g/mol. The van der Waals surface area contributed by atoms with Crippen molar-refractivity contribution in [1.82, 2.24) is 9.80 Å². The van der Waals surface area contributed by atoms with Crippen LogP contribution in [0.15, 0.2) is 22.7 Å². The zero-order valence-corrected chi connectivity index (χ0v) is 19.2. The lowest BCUT2D eigenvalue weighted by Crippen LogP contribution is -2.46. The Hall–Kier alpha value is -1.89. The van der Waals surface area contributed by atoms with Gasteiger partial charge in [0, 0.05) is 47.7 Å². The van der Waals surface area contributed by atoms with E-state index in [0.717, 1.165) is 15.7 Å². The van der Waals surface area contributed by atoms with Crippen molar-refractivity contribution in [2.75, 3.05) is 25.0 Å². The van der Waals surface area contributed by atoms with E-state index in [1.807, 2.05) is 50.8 Å². The van der Waals surface area contributed by atoms with Crippen molar-refractivity contribution in [3.63, 3.8) is 0 Å². The maximum atomic E-state index is 12.9. The Labute approximate surface area is 181 Å². The fraction of sp³-hybridized carbons (Fsp3) is 0.591. The van der Waals surface area contributed by atoms with Crippen LogP contribution in [0.1, 0.15) is 45.6 Å². The highest BCUT2D eigenvalue weighted by atomic mass is 79.9. The lowest BCUT2D eigenvalue weighted by Gasteiger charge is -2.34. The molecule has 2 heterocycles. The predicted octanol–water partition coefficient (Wildman–Crippen LogP) is 3.58. The third kappa shape index (κ3) is 5.00. The SMILES string of the molecule is Cc1cc(NC(=O)C2CCN(C(=O)C3CC(=O)N(C(C)(C)C)C3)CC2)ccc1Br. The first-order chi connectivity index (χ1) is 13.6. The van der Waals surface area contributed by atoms with Crippen molar-refractivity contribution in [2.45, 2.75) is 52.5 Å². The molecule has 7 heteroatoms. The van der Waals surface area contributed by atoms with Crippen LogP contribution >= 0.6 is 15.9 Å². The summed E-state index contributed by atoms with van der Waals surface area (Å²) < 4.78 is 1.01. The molecule has 0 aliphatic carbocycles. The summed E-state index contributed by atoms with van der Waals surface area (Å²) in [6.07, 6.45) is 1.59. The summed E-state index contributed by atoms with van der Waals surface area (Å²) in [5.41, 5.74) is 1.60. The number of likely N-dealkylation sites (tertiary alicyclic amines) is 2. The molecule has 1 unspecified atom stereocenters. The number of rotatable bonds is 3. The van der Waals surface area contributed by atoms with E-state index in [1.54, 1.807) is 4.90 Å². The molecule has 1 atom stereocenters. The largest absolute Gasteiger partial charge is 0.342 e. The van der Waals surface area contributed by atoms with Crippen molar-refractivity contribution >= 4 is 39.3 Å². The molecule has 1 N–H and O–H groups in total. The molecule has 3 amide bonds. The van der Waals surface area contributed by atoms with Crippen LogP contribution in [-0.4, -0.2) is 52.7 Å². The smallest absolute Gasteiger partial charge is 0.227 e. The van der Waals surface area contributed by atoms with Gasteiger partial charge in [-0.3, -0.25) is 14.4 Å². The molecule has 29 heavy (non-hydrogen) atoms. The number of carbonyl (C=O) groups is 3. The number of halogens is 1. The second kappa shape index (κ2) is 8.46. The van der Waals surface area contributed by atoms with Gasteiger partial charge in [-0.1, -0.05) is 15.9 Å². The van der Waals surface area contributed by atoms with Crippen LogP contribution in [0.25, 0.3) is 0 Å². The van der Waals surface area contributed by atoms with Crippen LogP contribution in [0.3, 0.4) is 0 Å². The highest BCUT2D eigenvalue weighted by molar-refractivity contribution is 9.10. The van der Waals surface area contributed by atoms with Gasteiger partial charge in [0.2, 0.25) is 17.7 Å². The van der Waals surface area contributed by atoms with E-state index in [-0.39, 0.29) is 35.1 Å². The summed E-state index contributed by atoms with van der Waals surface area (Å²) in [6, 6.07) is 5.75. The quantitative estimate of drug-likeness (QED) is 0.744. The number of aryl methyl sites for hydroxylation is 1. The molecule has 158 valence electrons. The van der Waals surface area contributed by atoms with E-state index < -0.39 is 0 Å². The first kappa shape index (κ1) is 21.8. The molecule has 0 spiro atoms. The molecule has 2 aliphatic rings. The maximum absolute atomic E-state index is 12.9. The van der Waals surface area contributed by atoms with Crippen LogP contribution < -0.4 is 5.32 Å². The summed E-state index contributed by atoms with van der Waals surface area (Å²) in [6.45, 7) is 9.59. The molecule has 0 bridgehead atoms. The number of hydrogen-bond acceptors (Lipinski definition) is 3. The van der Waals surface area contributed by atoms with Gasteiger partial charge in [-0.2, -0.15) is 0 Å². The average molecular weight is 464 g/mol. The Balaban J connectivity index is 1.52. The van der Waals surface area contributed by atoms with Crippen LogP contribution in [0, 0.1) is 18.8 Å². The topological polar surface area (TPSA) is 69.7 Å². The fourth-order valence-electron chi connectivity index (χ4n) is 4.11. The number of carbonyl (C=O) groups excluding carboxylic acids is 3. The molecule has 2 fully saturated rings. The van der Waals surface area contributed by atoms with Crippen molar-refractivity contribution < 1.29 is 14.4 Å². The molecule has 6 nitrogen and oxygen atoms in total. The fourth-order valence-corrected chi connectivity index (χ4v) is 4.35. The second-order valence-corrected chi connectivity index (χ2v) is 9.98. The van der Waals surface area contributed by atoms with Gasteiger partial charge in [0.25, 0.3) is 0 Å². The predicted molar refractivity (Wildman–Crippen MR) is 116 cm³/mol. The molecule has 3 rings (SSSR count). The standard InChI is InChI=1S/C22H30BrN3O3/c1-14-11-17(5-6-18(14)23)24-20(28)15-7-9-25(10-8-15)21(29)16-12-19(27)26(13-16)22(2,3)4/h5-6,11,15-16H,7-10,12-13H2,1-4H3,(H,24,28). The first-order valence-corrected chi connectivity index (χ1v) is 11.0. The van der Waals surface area contributed by atoms with E-state index in [0.29, 0.717) is 38.9 Å². The highest BCUT2D eigenvalue weighted by Crippen LogP contribution is 2.29. The number of anilines is 1. The lowest BCUT2D eigenvalue weighted by atomic mass is 9.94. The maximum Gasteiger partial charge on any atom is 0.227 e. The van der Waals surface area contributed by atoms with E-state index in [1.165, 1.54) is 0 Å². The molecule has 0 aromatic heterocycles. The summed E-state index contributed by atoms with van der Waals surface area (Å²) >= 11 is 3.46. The van der Waals surface area contributed by atoms with Gasteiger partial charge in [-0.05, 0) is 64.3 Å². The Kier molecular flexibility index (Phi) is 6.36.